The van der Waals surface area contributed by atoms with Crippen LogP contribution in [0, 0.1) is 13.8 Å². The van der Waals surface area contributed by atoms with Gasteiger partial charge in [0.15, 0.2) is 5.76 Å². The van der Waals surface area contributed by atoms with Crippen molar-refractivity contribution in [2.75, 3.05) is 17.2 Å². The number of hydrogen-bond acceptors (Lipinski definition) is 4. The molecule has 0 spiro atoms. The summed E-state index contributed by atoms with van der Waals surface area (Å²) in [4.78, 5) is 36.4. The Morgan fingerprint density at radius 2 is 1.52 bits per heavy atom. The highest BCUT2D eigenvalue weighted by Crippen LogP contribution is 2.16. The van der Waals surface area contributed by atoms with Crippen LogP contribution in [0.1, 0.15) is 32.0 Å². The zero-order valence-corrected chi connectivity index (χ0v) is 16.1. The molecule has 0 saturated carbocycles. The van der Waals surface area contributed by atoms with Crippen molar-refractivity contribution in [1.82, 2.24) is 5.32 Å². The topological polar surface area (TPSA) is 100 Å². The first-order valence-corrected chi connectivity index (χ1v) is 9.02. The summed E-state index contributed by atoms with van der Waals surface area (Å²) < 4.78 is 5.05. The fourth-order valence-electron chi connectivity index (χ4n) is 2.85. The monoisotopic (exact) mass is 391 g/mol. The summed E-state index contributed by atoms with van der Waals surface area (Å²) in [7, 11) is 0. The van der Waals surface area contributed by atoms with Crippen LogP contribution >= 0.6 is 0 Å². The van der Waals surface area contributed by atoms with E-state index >= 15 is 0 Å². The van der Waals surface area contributed by atoms with Crippen LogP contribution < -0.4 is 16.0 Å². The van der Waals surface area contributed by atoms with Crippen LogP contribution in [0.4, 0.5) is 11.4 Å². The fourth-order valence-corrected chi connectivity index (χ4v) is 2.85. The van der Waals surface area contributed by atoms with Crippen molar-refractivity contribution in [3.8, 4) is 0 Å². The van der Waals surface area contributed by atoms with E-state index in [1.165, 1.54) is 6.26 Å². The first kappa shape index (κ1) is 19.9. The molecular weight excluding hydrogens is 370 g/mol. The normalized spacial score (nSPS) is 10.3. The zero-order chi connectivity index (χ0) is 20.8. The maximum atomic E-state index is 12.2. The minimum absolute atomic E-state index is 0.172. The number of benzene rings is 2. The molecule has 0 saturated heterocycles. The SMILES string of the molecule is Cc1cc(C)cc(C(=O)NCC(=O)Nc2cccc(NC(=O)c3ccco3)c2)c1. The van der Waals surface area contributed by atoms with Gasteiger partial charge < -0.3 is 20.4 Å². The van der Waals surface area contributed by atoms with Crippen molar-refractivity contribution < 1.29 is 18.8 Å². The van der Waals surface area contributed by atoms with E-state index in [-0.39, 0.29) is 30.0 Å². The predicted octanol–water partition coefficient (Wildman–Crippen LogP) is 3.52. The van der Waals surface area contributed by atoms with Gasteiger partial charge in [0.1, 0.15) is 0 Å². The molecule has 3 N–H and O–H groups in total. The van der Waals surface area contributed by atoms with Crippen LogP contribution in [-0.4, -0.2) is 24.3 Å². The standard InChI is InChI=1S/C22H21N3O4/c1-14-9-15(2)11-16(10-14)21(27)23-13-20(26)24-17-5-3-6-18(12-17)25-22(28)19-7-4-8-29-19/h3-12H,13H2,1-2H3,(H,23,27)(H,24,26)(H,25,28). The molecule has 3 amide bonds. The Labute approximate surface area is 168 Å². The number of anilines is 2. The van der Waals surface area contributed by atoms with Crippen LogP contribution in [0.25, 0.3) is 0 Å². The lowest BCUT2D eigenvalue weighted by Crippen LogP contribution is -2.32. The summed E-state index contributed by atoms with van der Waals surface area (Å²) in [5.74, 6) is -0.892. The molecule has 1 heterocycles. The second kappa shape index (κ2) is 8.88. The Balaban J connectivity index is 1.55. The summed E-state index contributed by atoms with van der Waals surface area (Å²) in [5.41, 5.74) is 3.47. The van der Waals surface area contributed by atoms with E-state index < -0.39 is 0 Å². The van der Waals surface area contributed by atoms with Crippen LogP contribution in [0.15, 0.2) is 65.3 Å². The van der Waals surface area contributed by atoms with Gasteiger partial charge in [0.05, 0.1) is 12.8 Å². The van der Waals surface area contributed by atoms with Crippen LogP contribution in [-0.2, 0) is 4.79 Å². The molecule has 148 valence electrons. The molecule has 0 atom stereocenters. The van der Waals surface area contributed by atoms with E-state index in [0.717, 1.165) is 11.1 Å². The Hall–Kier alpha value is -3.87. The first-order valence-electron chi connectivity index (χ1n) is 9.02. The lowest BCUT2D eigenvalue weighted by molar-refractivity contribution is -0.115. The second-order valence-electron chi connectivity index (χ2n) is 6.62. The summed E-state index contributed by atoms with van der Waals surface area (Å²) >= 11 is 0. The zero-order valence-electron chi connectivity index (χ0n) is 16.1. The number of nitrogens with one attached hydrogen (secondary N) is 3. The van der Waals surface area contributed by atoms with E-state index in [2.05, 4.69) is 16.0 Å². The van der Waals surface area contributed by atoms with Gasteiger partial charge in [0.25, 0.3) is 11.8 Å². The molecule has 1 aromatic heterocycles. The Kier molecular flexibility index (Phi) is 6.09. The molecule has 7 nitrogen and oxygen atoms in total. The highest BCUT2D eigenvalue weighted by Gasteiger charge is 2.11. The van der Waals surface area contributed by atoms with Gasteiger partial charge in [-0.05, 0) is 56.3 Å². The Morgan fingerprint density at radius 1 is 0.828 bits per heavy atom. The van der Waals surface area contributed by atoms with Crippen molar-refractivity contribution in [2.45, 2.75) is 13.8 Å². The molecule has 0 fully saturated rings. The van der Waals surface area contributed by atoms with Gasteiger partial charge in [0.2, 0.25) is 5.91 Å². The molecule has 7 heteroatoms. The number of aryl methyl sites for hydroxylation is 2. The third-order valence-corrected chi connectivity index (χ3v) is 4.04. The average Bonchev–Trinajstić information content (AvgIpc) is 3.20. The summed E-state index contributed by atoms with van der Waals surface area (Å²) in [6.07, 6.45) is 1.41. The number of carbonyl (C=O) groups is 3. The molecule has 0 bridgehead atoms. The van der Waals surface area contributed by atoms with Crippen molar-refractivity contribution >= 4 is 29.1 Å². The molecular formula is C22H21N3O4. The minimum atomic E-state index is -0.390. The fraction of sp³-hybridized carbons (Fsp3) is 0.136. The molecule has 0 aliphatic rings. The summed E-state index contributed by atoms with van der Waals surface area (Å²) in [5, 5.41) is 7.98. The summed E-state index contributed by atoms with van der Waals surface area (Å²) in [6, 6.07) is 15.4. The van der Waals surface area contributed by atoms with E-state index in [0.29, 0.717) is 16.9 Å². The van der Waals surface area contributed by atoms with E-state index in [1.54, 1.807) is 48.5 Å². The largest absolute Gasteiger partial charge is 0.459 e. The van der Waals surface area contributed by atoms with Gasteiger partial charge in [0, 0.05) is 16.9 Å². The van der Waals surface area contributed by atoms with Gasteiger partial charge >= 0.3 is 0 Å². The highest BCUT2D eigenvalue weighted by molar-refractivity contribution is 6.03. The summed E-state index contributed by atoms with van der Waals surface area (Å²) in [6.45, 7) is 3.65. The molecule has 0 aliphatic carbocycles. The van der Waals surface area contributed by atoms with E-state index in [4.69, 9.17) is 4.42 Å². The van der Waals surface area contributed by atoms with E-state index in [9.17, 15) is 14.4 Å². The van der Waals surface area contributed by atoms with Gasteiger partial charge in [-0.3, -0.25) is 14.4 Å². The average molecular weight is 391 g/mol. The van der Waals surface area contributed by atoms with Gasteiger partial charge in [-0.15, -0.1) is 0 Å². The van der Waals surface area contributed by atoms with Gasteiger partial charge in [-0.2, -0.15) is 0 Å². The van der Waals surface area contributed by atoms with E-state index in [1.807, 2.05) is 19.9 Å². The number of rotatable bonds is 6. The maximum Gasteiger partial charge on any atom is 0.291 e. The third-order valence-electron chi connectivity index (χ3n) is 4.04. The molecule has 2 aromatic carbocycles. The molecule has 0 unspecified atom stereocenters. The van der Waals surface area contributed by atoms with Crippen molar-refractivity contribution in [1.29, 1.82) is 0 Å². The molecule has 0 radical (unpaired) electrons. The number of carbonyl (C=O) groups excluding carboxylic acids is 3. The molecule has 0 aliphatic heterocycles. The Morgan fingerprint density at radius 3 is 2.17 bits per heavy atom. The highest BCUT2D eigenvalue weighted by atomic mass is 16.3. The van der Waals surface area contributed by atoms with Crippen molar-refractivity contribution in [3.63, 3.8) is 0 Å². The lowest BCUT2D eigenvalue weighted by Gasteiger charge is -2.10. The Bertz CT molecular complexity index is 1020. The lowest BCUT2D eigenvalue weighted by atomic mass is 10.1. The third kappa shape index (κ3) is 5.55. The van der Waals surface area contributed by atoms with Crippen LogP contribution in [0.2, 0.25) is 0 Å². The first-order chi connectivity index (χ1) is 13.9. The van der Waals surface area contributed by atoms with Gasteiger partial charge in [-0.1, -0.05) is 23.3 Å². The predicted molar refractivity (Wildman–Crippen MR) is 110 cm³/mol. The van der Waals surface area contributed by atoms with Crippen molar-refractivity contribution in [3.05, 3.63) is 83.3 Å². The molecule has 3 rings (SSSR count). The van der Waals surface area contributed by atoms with Gasteiger partial charge in [-0.25, -0.2) is 0 Å². The molecule has 3 aromatic rings. The second-order valence-corrected chi connectivity index (χ2v) is 6.62. The maximum absolute atomic E-state index is 12.2. The number of amides is 3. The molecule has 29 heavy (non-hydrogen) atoms. The smallest absolute Gasteiger partial charge is 0.291 e. The quantitative estimate of drug-likeness (QED) is 0.598. The minimum Gasteiger partial charge on any atom is -0.459 e. The van der Waals surface area contributed by atoms with Crippen LogP contribution in [0.3, 0.4) is 0 Å². The number of furan rings is 1. The van der Waals surface area contributed by atoms with Crippen molar-refractivity contribution in [2.24, 2.45) is 0 Å². The number of hydrogen-bond donors (Lipinski definition) is 3. The van der Waals surface area contributed by atoms with Crippen LogP contribution in [0.5, 0.6) is 0 Å².